The van der Waals surface area contributed by atoms with E-state index in [0.717, 1.165) is 31.5 Å². The predicted molar refractivity (Wildman–Crippen MR) is 156 cm³/mol. The highest BCUT2D eigenvalue weighted by Crippen LogP contribution is 2.35. The van der Waals surface area contributed by atoms with Crippen LogP contribution in [0.1, 0.15) is 43.4 Å². The molecule has 1 aliphatic carbocycles. The molecule has 0 N–H and O–H groups in total. The number of esters is 1. The maximum Gasteiger partial charge on any atom is 0.306 e. The standard InChI is InChI=1S/C34H39NO6/c36-31-23-32(40-24-26-14-16-28(17-15-26)27-9-4-3-5-10-27)30(34(31)35-18-21-38-22-19-35)12-6-1-2-7-13-33(37)41-25-29-11-8-20-39-29/h1-5,8-11,14-17,20,30,32,34H,6-7,12-13,18-19,21-25H2/b2-1-/t30-,32-,34+/m0/s1. The molecule has 0 radical (unpaired) electrons. The number of ether oxygens (including phenoxy) is 3. The number of ketones is 1. The second-order valence-electron chi connectivity index (χ2n) is 10.7. The van der Waals surface area contributed by atoms with Crippen molar-refractivity contribution in [3.05, 3.63) is 96.5 Å². The van der Waals surface area contributed by atoms with Gasteiger partial charge in [0.25, 0.3) is 0 Å². The Morgan fingerprint density at radius 2 is 1.66 bits per heavy atom. The number of allylic oxidation sites excluding steroid dienone is 2. The number of carbonyl (C=O) groups excluding carboxylic acids is 2. The van der Waals surface area contributed by atoms with Gasteiger partial charge in [0, 0.05) is 31.8 Å². The molecule has 2 aromatic carbocycles. The van der Waals surface area contributed by atoms with Gasteiger partial charge >= 0.3 is 5.97 Å². The van der Waals surface area contributed by atoms with Crippen molar-refractivity contribution < 1.29 is 28.2 Å². The highest BCUT2D eigenvalue weighted by atomic mass is 16.5. The Morgan fingerprint density at radius 3 is 2.41 bits per heavy atom. The minimum atomic E-state index is -0.245. The van der Waals surface area contributed by atoms with Crippen LogP contribution in [-0.2, 0) is 37.0 Å². The fourth-order valence-electron chi connectivity index (χ4n) is 5.74. The summed E-state index contributed by atoms with van der Waals surface area (Å²) in [6.45, 7) is 3.51. The molecule has 2 aliphatic rings. The van der Waals surface area contributed by atoms with E-state index in [-0.39, 0.29) is 36.4 Å². The van der Waals surface area contributed by atoms with Crippen molar-refractivity contribution in [1.82, 2.24) is 4.90 Å². The Balaban J connectivity index is 1.13. The first-order valence-electron chi connectivity index (χ1n) is 14.6. The molecular formula is C34H39NO6. The smallest absolute Gasteiger partial charge is 0.306 e. The first-order chi connectivity index (χ1) is 20.2. The normalized spacial score (nSPS) is 21.5. The van der Waals surface area contributed by atoms with Crippen LogP contribution in [0.15, 0.2) is 89.6 Å². The summed E-state index contributed by atoms with van der Waals surface area (Å²) < 4.78 is 22.4. The van der Waals surface area contributed by atoms with Crippen LogP contribution in [0.4, 0.5) is 0 Å². The molecule has 3 aromatic rings. The number of rotatable bonds is 13. The zero-order valence-electron chi connectivity index (χ0n) is 23.5. The maximum atomic E-state index is 13.2. The van der Waals surface area contributed by atoms with E-state index in [1.165, 1.54) is 11.1 Å². The number of carbonyl (C=O) groups is 2. The van der Waals surface area contributed by atoms with E-state index in [2.05, 4.69) is 47.4 Å². The average molecular weight is 558 g/mol. The highest BCUT2D eigenvalue weighted by Gasteiger charge is 2.45. The lowest BCUT2D eigenvalue weighted by Gasteiger charge is -2.35. The molecule has 2 fully saturated rings. The Bertz CT molecular complexity index is 1250. The zero-order valence-corrected chi connectivity index (χ0v) is 23.5. The minimum Gasteiger partial charge on any atom is -0.466 e. The van der Waals surface area contributed by atoms with Crippen LogP contribution >= 0.6 is 0 Å². The van der Waals surface area contributed by atoms with Crippen molar-refractivity contribution in [3.8, 4) is 11.1 Å². The number of benzene rings is 2. The summed E-state index contributed by atoms with van der Waals surface area (Å²) in [5.41, 5.74) is 3.46. The first-order valence-corrected chi connectivity index (χ1v) is 14.6. The molecule has 1 saturated carbocycles. The second-order valence-corrected chi connectivity index (χ2v) is 10.7. The average Bonchev–Trinajstić information content (AvgIpc) is 3.65. The summed E-state index contributed by atoms with van der Waals surface area (Å²) in [6, 6.07) is 22.2. The number of nitrogens with zero attached hydrogens (tertiary/aromatic N) is 1. The molecule has 1 saturated heterocycles. The van der Waals surface area contributed by atoms with E-state index in [0.29, 0.717) is 44.8 Å². The summed E-state index contributed by atoms with van der Waals surface area (Å²) in [5, 5.41) is 0. The van der Waals surface area contributed by atoms with Crippen molar-refractivity contribution >= 4 is 11.8 Å². The van der Waals surface area contributed by atoms with Gasteiger partial charge in [0.1, 0.15) is 12.4 Å². The van der Waals surface area contributed by atoms with Gasteiger partial charge in [-0.05, 0) is 48.1 Å². The molecule has 0 unspecified atom stereocenters. The lowest BCUT2D eigenvalue weighted by atomic mass is 9.93. The fraction of sp³-hybridized carbons (Fsp3) is 0.412. The van der Waals surface area contributed by atoms with Crippen LogP contribution in [0.5, 0.6) is 0 Å². The summed E-state index contributed by atoms with van der Waals surface area (Å²) in [7, 11) is 0. The van der Waals surface area contributed by atoms with E-state index in [9.17, 15) is 9.59 Å². The molecule has 0 amide bonds. The quantitative estimate of drug-likeness (QED) is 0.189. The Morgan fingerprint density at radius 1 is 0.902 bits per heavy atom. The zero-order chi connectivity index (χ0) is 28.3. The van der Waals surface area contributed by atoms with Crippen LogP contribution in [0, 0.1) is 5.92 Å². The van der Waals surface area contributed by atoms with Crippen LogP contribution in [0.3, 0.4) is 0 Å². The lowest BCUT2D eigenvalue weighted by molar-refractivity contribution is -0.145. The van der Waals surface area contributed by atoms with E-state index < -0.39 is 0 Å². The summed E-state index contributed by atoms with van der Waals surface area (Å²) >= 11 is 0. The van der Waals surface area contributed by atoms with Crippen molar-refractivity contribution in [3.63, 3.8) is 0 Å². The van der Waals surface area contributed by atoms with Crippen LogP contribution in [0.25, 0.3) is 11.1 Å². The molecule has 0 spiro atoms. The Hall–Kier alpha value is -3.52. The molecule has 1 aliphatic heterocycles. The molecule has 7 nitrogen and oxygen atoms in total. The van der Waals surface area contributed by atoms with Crippen molar-refractivity contribution in [1.29, 1.82) is 0 Å². The van der Waals surface area contributed by atoms with Crippen molar-refractivity contribution in [2.45, 2.75) is 57.5 Å². The Labute approximate surface area is 242 Å². The number of Topliss-reactive ketones (excluding diaryl/α,β-unsaturated/α-hetero) is 1. The maximum absolute atomic E-state index is 13.2. The Kier molecular flexibility index (Phi) is 10.5. The molecule has 0 bridgehead atoms. The largest absolute Gasteiger partial charge is 0.466 e. The summed E-state index contributed by atoms with van der Waals surface area (Å²) in [5.74, 6) is 0.776. The molecule has 7 heteroatoms. The highest BCUT2D eigenvalue weighted by molar-refractivity contribution is 5.87. The van der Waals surface area contributed by atoms with Crippen molar-refractivity contribution in [2.24, 2.45) is 5.92 Å². The number of hydrogen-bond acceptors (Lipinski definition) is 7. The molecule has 2 heterocycles. The number of furan rings is 1. The van der Waals surface area contributed by atoms with Gasteiger partial charge in [0.05, 0.1) is 38.2 Å². The minimum absolute atomic E-state index is 0.117. The molecule has 3 atom stereocenters. The van der Waals surface area contributed by atoms with Crippen LogP contribution in [-0.4, -0.2) is 55.1 Å². The van der Waals surface area contributed by atoms with Gasteiger partial charge in [-0.25, -0.2) is 0 Å². The van der Waals surface area contributed by atoms with E-state index in [4.69, 9.17) is 18.6 Å². The second kappa shape index (κ2) is 14.9. The number of morpholine rings is 1. The predicted octanol–water partition coefficient (Wildman–Crippen LogP) is 5.98. The van der Waals surface area contributed by atoms with E-state index in [1.807, 2.05) is 24.3 Å². The fourth-order valence-corrected chi connectivity index (χ4v) is 5.74. The van der Waals surface area contributed by atoms with Gasteiger partial charge in [0.2, 0.25) is 0 Å². The third-order valence-electron chi connectivity index (χ3n) is 7.88. The van der Waals surface area contributed by atoms with Gasteiger partial charge in [-0.2, -0.15) is 0 Å². The van der Waals surface area contributed by atoms with E-state index >= 15 is 0 Å². The van der Waals surface area contributed by atoms with Gasteiger partial charge in [0.15, 0.2) is 5.78 Å². The summed E-state index contributed by atoms with van der Waals surface area (Å²) in [4.78, 5) is 27.5. The topological polar surface area (TPSA) is 78.2 Å². The lowest BCUT2D eigenvalue weighted by Crippen LogP contribution is -2.49. The molecule has 5 rings (SSSR count). The molecular weight excluding hydrogens is 518 g/mol. The van der Waals surface area contributed by atoms with Crippen LogP contribution in [0.2, 0.25) is 0 Å². The molecule has 216 valence electrons. The first kappa shape index (κ1) is 29.0. The molecule has 41 heavy (non-hydrogen) atoms. The third kappa shape index (κ3) is 8.26. The third-order valence-corrected chi connectivity index (χ3v) is 7.88. The van der Waals surface area contributed by atoms with Gasteiger partial charge < -0.3 is 18.6 Å². The van der Waals surface area contributed by atoms with Gasteiger partial charge in [-0.3, -0.25) is 14.5 Å². The van der Waals surface area contributed by atoms with Gasteiger partial charge in [-0.15, -0.1) is 0 Å². The monoisotopic (exact) mass is 557 g/mol. The SMILES string of the molecule is O=C(CC/C=C\CC[C@H]1[C@@H](OCc2ccc(-c3ccccc3)cc2)CC(=O)[C@@H]1N1CCOCC1)OCc1ccco1. The molecule has 1 aromatic heterocycles. The van der Waals surface area contributed by atoms with Crippen molar-refractivity contribution in [2.75, 3.05) is 26.3 Å². The van der Waals surface area contributed by atoms with E-state index in [1.54, 1.807) is 18.4 Å². The van der Waals surface area contributed by atoms with Crippen LogP contribution < -0.4 is 0 Å². The summed E-state index contributed by atoms with van der Waals surface area (Å²) in [6.07, 6.45) is 8.64. The van der Waals surface area contributed by atoms with Gasteiger partial charge in [-0.1, -0.05) is 66.7 Å². The number of hydrogen-bond donors (Lipinski definition) is 0.